The van der Waals surface area contributed by atoms with Gasteiger partial charge in [-0.25, -0.2) is 4.98 Å². The van der Waals surface area contributed by atoms with E-state index < -0.39 is 0 Å². The smallest absolute Gasteiger partial charge is 0.0795 e. The van der Waals surface area contributed by atoms with Crippen LogP contribution in [0.5, 0.6) is 0 Å². The molecule has 0 aliphatic rings. The Kier molecular flexibility index (Phi) is 6.55. The molecule has 0 radical (unpaired) electrons. The maximum absolute atomic E-state index is 8.91. The zero-order valence-electron chi connectivity index (χ0n) is 9.28. The molecule has 0 amide bonds. The second-order valence-electron chi connectivity index (χ2n) is 3.78. The molecule has 0 saturated carbocycles. The number of thiazole rings is 1. The highest BCUT2D eigenvalue weighted by Gasteiger charge is 2.06. The normalized spacial score (nSPS) is 12.9. The van der Waals surface area contributed by atoms with E-state index in [1.54, 1.807) is 11.3 Å². The number of hydrogen-bond acceptors (Lipinski definition) is 4. The molecule has 86 valence electrons. The van der Waals surface area contributed by atoms with Crippen molar-refractivity contribution in [3.8, 4) is 0 Å². The zero-order chi connectivity index (χ0) is 10.9. The van der Waals surface area contributed by atoms with E-state index in [1.807, 2.05) is 5.51 Å². The van der Waals surface area contributed by atoms with E-state index in [0.717, 1.165) is 25.2 Å². The Morgan fingerprint density at radius 3 is 3.00 bits per heavy atom. The molecule has 1 atom stereocenters. The molecular weight excluding hydrogens is 208 g/mol. The molecule has 1 unspecified atom stereocenters. The van der Waals surface area contributed by atoms with Crippen LogP contribution in [0.2, 0.25) is 0 Å². The van der Waals surface area contributed by atoms with Crippen molar-refractivity contribution >= 4 is 11.3 Å². The van der Waals surface area contributed by atoms with Gasteiger partial charge < -0.3 is 10.4 Å². The van der Waals surface area contributed by atoms with Crippen LogP contribution in [0.15, 0.2) is 10.9 Å². The number of aliphatic hydroxyl groups is 1. The minimum absolute atomic E-state index is 0.295. The summed E-state index contributed by atoms with van der Waals surface area (Å²) in [5.41, 5.74) is 2.97. The maximum Gasteiger partial charge on any atom is 0.0795 e. The fraction of sp³-hybridized carbons (Fsp3) is 0.727. The van der Waals surface area contributed by atoms with Crippen molar-refractivity contribution in [2.75, 3.05) is 13.2 Å². The summed E-state index contributed by atoms with van der Waals surface area (Å²) in [5.74, 6) is 0.596. The highest BCUT2D eigenvalue weighted by Crippen LogP contribution is 2.09. The highest BCUT2D eigenvalue weighted by atomic mass is 32.1. The van der Waals surface area contributed by atoms with Gasteiger partial charge in [-0.15, -0.1) is 11.3 Å². The van der Waals surface area contributed by atoms with E-state index in [1.165, 1.54) is 12.8 Å². The van der Waals surface area contributed by atoms with Crippen LogP contribution in [-0.4, -0.2) is 23.2 Å². The summed E-state index contributed by atoms with van der Waals surface area (Å²) in [4.78, 5) is 4.21. The molecular formula is C11H20N2OS. The van der Waals surface area contributed by atoms with E-state index in [-0.39, 0.29) is 0 Å². The van der Waals surface area contributed by atoms with Crippen molar-refractivity contribution in [1.82, 2.24) is 10.3 Å². The largest absolute Gasteiger partial charge is 0.396 e. The van der Waals surface area contributed by atoms with E-state index in [4.69, 9.17) is 5.11 Å². The van der Waals surface area contributed by atoms with Crippen LogP contribution in [-0.2, 0) is 6.54 Å². The van der Waals surface area contributed by atoms with Gasteiger partial charge in [0.1, 0.15) is 0 Å². The second-order valence-corrected chi connectivity index (χ2v) is 4.50. The van der Waals surface area contributed by atoms with Crippen LogP contribution in [0.4, 0.5) is 0 Å². The Hall–Kier alpha value is -0.450. The third kappa shape index (κ3) is 5.25. The van der Waals surface area contributed by atoms with E-state index in [0.29, 0.717) is 12.5 Å². The summed E-state index contributed by atoms with van der Waals surface area (Å²) in [6.07, 6.45) is 3.27. The Bertz CT molecular complexity index is 233. The number of hydrogen-bond donors (Lipinski definition) is 2. The van der Waals surface area contributed by atoms with Gasteiger partial charge >= 0.3 is 0 Å². The lowest BCUT2D eigenvalue weighted by molar-refractivity contribution is 0.248. The van der Waals surface area contributed by atoms with Gasteiger partial charge in [0.25, 0.3) is 0 Å². The third-order valence-electron chi connectivity index (χ3n) is 2.46. The molecule has 15 heavy (non-hydrogen) atoms. The number of nitrogens with zero attached hydrogens (tertiary/aromatic N) is 1. The van der Waals surface area contributed by atoms with Gasteiger partial charge in [-0.2, -0.15) is 0 Å². The Morgan fingerprint density at radius 1 is 1.53 bits per heavy atom. The summed E-state index contributed by atoms with van der Waals surface area (Å²) >= 11 is 1.63. The molecule has 3 nitrogen and oxygen atoms in total. The fourth-order valence-electron chi connectivity index (χ4n) is 1.67. The Morgan fingerprint density at radius 2 is 2.40 bits per heavy atom. The lowest BCUT2D eigenvalue weighted by atomic mass is 10.0. The van der Waals surface area contributed by atoms with Gasteiger partial charge in [0.05, 0.1) is 11.2 Å². The van der Waals surface area contributed by atoms with Gasteiger partial charge in [0, 0.05) is 18.5 Å². The molecule has 0 bridgehead atoms. The maximum atomic E-state index is 8.91. The quantitative estimate of drug-likeness (QED) is 0.715. The summed E-state index contributed by atoms with van der Waals surface area (Å²) in [7, 11) is 0. The molecule has 4 heteroatoms. The van der Waals surface area contributed by atoms with Crippen LogP contribution < -0.4 is 5.32 Å². The first-order chi connectivity index (χ1) is 7.36. The predicted molar refractivity (Wildman–Crippen MR) is 63.9 cm³/mol. The third-order valence-corrected chi connectivity index (χ3v) is 3.09. The van der Waals surface area contributed by atoms with Crippen molar-refractivity contribution < 1.29 is 5.11 Å². The Balaban J connectivity index is 2.15. The SMILES string of the molecule is CCCC(CCO)CNCc1cscn1. The molecule has 1 aromatic rings. The molecule has 2 N–H and O–H groups in total. The summed E-state index contributed by atoms with van der Waals surface area (Å²) in [6, 6.07) is 0. The van der Waals surface area contributed by atoms with E-state index in [9.17, 15) is 0 Å². The summed E-state index contributed by atoms with van der Waals surface area (Å²) in [6.45, 7) is 4.30. The van der Waals surface area contributed by atoms with Gasteiger partial charge in [0.2, 0.25) is 0 Å². The first-order valence-electron chi connectivity index (χ1n) is 5.55. The molecule has 1 aromatic heterocycles. The van der Waals surface area contributed by atoms with Crippen molar-refractivity contribution in [3.05, 3.63) is 16.6 Å². The van der Waals surface area contributed by atoms with Crippen LogP contribution in [0.1, 0.15) is 31.9 Å². The number of aliphatic hydroxyl groups excluding tert-OH is 1. The van der Waals surface area contributed by atoms with Gasteiger partial charge in [-0.05, 0) is 25.3 Å². The van der Waals surface area contributed by atoms with Gasteiger partial charge in [-0.1, -0.05) is 13.3 Å². The summed E-state index contributed by atoms with van der Waals surface area (Å²) < 4.78 is 0. The molecule has 0 spiro atoms. The second kappa shape index (κ2) is 7.79. The molecule has 1 rings (SSSR count). The predicted octanol–water partition coefficient (Wildman–Crippen LogP) is 2.03. The number of aromatic nitrogens is 1. The standard InChI is InChI=1S/C11H20N2OS/c1-2-3-10(4-5-14)6-12-7-11-8-15-9-13-11/h8-10,12,14H,2-7H2,1H3. The first-order valence-corrected chi connectivity index (χ1v) is 6.49. The number of nitrogens with one attached hydrogen (secondary N) is 1. The first kappa shape index (κ1) is 12.6. The average Bonchev–Trinajstić information content (AvgIpc) is 2.71. The van der Waals surface area contributed by atoms with Crippen molar-refractivity contribution in [1.29, 1.82) is 0 Å². The highest BCUT2D eigenvalue weighted by molar-refractivity contribution is 7.07. The monoisotopic (exact) mass is 228 g/mol. The van der Waals surface area contributed by atoms with Crippen molar-refractivity contribution in [2.45, 2.75) is 32.7 Å². The lowest BCUT2D eigenvalue weighted by Crippen LogP contribution is -2.23. The molecule has 0 aliphatic heterocycles. The van der Waals surface area contributed by atoms with Gasteiger partial charge in [0.15, 0.2) is 0 Å². The van der Waals surface area contributed by atoms with Gasteiger partial charge in [-0.3, -0.25) is 0 Å². The Labute approximate surface area is 95.6 Å². The van der Waals surface area contributed by atoms with E-state index in [2.05, 4.69) is 22.6 Å². The number of rotatable bonds is 8. The fourth-order valence-corrected chi connectivity index (χ4v) is 2.23. The summed E-state index contributed by atoms with van der Waals surface area (Å²) in [5, 5.41) is 14.4. The van der Waals surface area contributed by atoms with Crippen LogP contribution >= 0.6 is 11.3 Å². The van der Waals surface area contributed by atoms with Crippen molar-refractivity contribution in [2.24, 2.45) is 5.92 Å². The lowest BCUT2D eigenvalue weighted by Gasteiger charge is -2.14. The van der Waals surface area contributed by atoms with Crippen LogP contribution in [0, 0.1) is 5.92 Å². The van der Waals surface area contributed by atoms with Crippen LogP contribution in [0.25, 0.3) is 0 Å². The van der Waals surface area contributed by atoms with Crippen molar-refractivity contribution in [3.63, 3.8) is 0 Å². The average molecular weight is 228 g/mol. The molecule has 1 heterocycles. The van der Waals surface area contributed by atoms with Crippen LogP contribution in [0.3, 0.4) is 0 Å². The van der Waals surface area contributed by atoms with E-state index >= 15 is 0 Å². The molecule has 0 saturated heterocycles. The minimum atomic E-state index is 0.295. The molecule has 0 aromatic carbocycles. The molecule has 0 fully saturated rings. The zero-order valence-corrected chi connectivity index (χ0v) is 10.1. The molecule has 0 aliphatic carbocycles. The topological polar surface area (TPSA) is 45.1 Å². The minimum Gasteiger partial charge on any atom is -0.396 e.